The summed E-state index contributed by atoms with van der Waals surface area (Å²) in [6, 6.07) is 18.2. The molecule has 0 aliphatic carbocycles. The zero-order valence-electron chi connectivity index (χ0n) is 12.4. The van der Waals surface area contributed by atoms with Gasteiger partial charge in [0.1, 0.15) is 0 Å². The van der Waals surface area contributed by atoms with Gasteiger partial charge in [0.25, 0.3) is 0 Å². The maximum atomic E-state index is 8.91. The molecular formula is C18H18ClN3. The summed E-state index contributed by atoms with van der Waals surface area (Å²) in [5.41, 5.74) is 2.99. The molecule has 1 heterocycles. The molecular weight excluding hydrogens is 294 g/mol. The predicted molar refractivity (Wildman–Crippen MR) is 90.1 cm³/mol. The normalized spacial score (nSPS) is 15.5. The molecule has 2 aromatic carbocycles. The monoisotopic (exact) mass is 311 g/mol. The molecule has 0 radical (unpaired) electrons. The first-order chi connectivity index (χ1) is 10.8. The smallest absolute Gasteiger partial charge is 0.0992 e. The molecule has 2 aromatic rings. The number of anilines is 1. The number of hydrogen-bond donors (Lipinski definition) is 0. The van der Waals surface area contributed by atoms with Crippen molar-refractivity contribution in [2.24, 2.45) is 0 Å². The first-order valence-electron chi connectivity index (χ1n) is 7.47. The van der Waals surface area contributed by atoms with Gasteiger partial charge in [-0.15, -0.1) is 0 Å². The Morgan fingerprint density at radius 1 is 1.00 bits per heavy atom. The lowest BCUT2D eigenvalue weighted by molar-refractivity contribution is 0.250. The van der Waals surface area contributed by atoms with Crippen LogP contribution in [0.4, 0.5) is 5.69 Å². The molecule has 22 heavy (non-hydrogen) atoms. The van der Waals surface area contributed by atoms with Crippen molar-refractivity contribution in [2.75, 3.05) is 31.1 Å². The van der Waals surface area contributed by atoms with Crippen LogP contribution in [0, 0.1) is 11.3 Å². The van der Waals surface area contributed by atoms with Gasteiger partial charge in [-0.3, -0.25) is 4.90 Å². The number of piperazine rings is 1. The Hall–Kier alpha value is -2.02. The highest BCUT2D eigenvalue weighted by molar-refractivity contribution is 6.33. The molecule has 0 N–H and O–H groups in total. The Kier molecular flexibility index (Phi) is 4.62. The Balaban J connectivity index is 1.61. The van der Waals surface area contributed by atoms with Gasteiger partial charge in [-0.2, -0.15) is 5.26 Å². The van der Waals surface area contributed by atoms with E-state index in [1.807, 2.05) is 18.2 Å². The first-order valence-corrected chi connectivity index (χ1v) is 7.85. The van der Waals surface area contributed by atoms with E-state index in [1.54, 1.807) is 6.07 Å². The van der Waals surface area contributed by atoms with Crippen molar-refractivity contribution in [3.05, 3.63) is 64.7 Å². The summed E-state index contributed by atoms with van der Waals surface area (Å²) in [7, 11) is 0. The van der Waals surface area contributed by atoms with Crippen molar-refractivity contribution in [1.29, 1.82) is 5.26 Å². The summed E-state index contributed by atoms with van der Waals surface area (Å²) in [6.07, 6.45) is 0. The highest BCUT2D eigenvalue weighted by Gasteiger charge is 2.19. The van der Waals surface area contributed by atoms with Gasteiger partial charge in [-0.25, -0.2) is 0 Å². The van der Waals surface area contributed by atoms with E-state index in [0.717, 1.165) is 38.4 Å². The summed E-state index contributed by atoms with van der Waals surface area (Å²) < 4.78 is 0. The molecule has 3 nitrogen and oxygen atoms in total. The quantitative estimate of drug-likeness (QED) is 0.868. The third-order valence-electron chi connectivity index (χ3n) is 4.04. The van der Waals surface area contributed by atoms with Crippen molar-refractivity contribution >= 4 is 17.3 Å². The molecule has 0 bridgehead atoms. The Bertz CT molecular complexity index is 670. The topological polar surface area (TPSA) is 30.3 Å². The molecule has 4 heteroatoms. The molecule has 112 valence electrons. The molecule has 0 spiro atoms. The number of halogens is 1. The van der Waals surface area contributed by atoms with Crippen LogP contribution in [0.15, 0.2) is 48.5 Å². The lowest BCUT2D eigenvalue weighted by Gasteiger charge is -2.36. The van der Waals surface area contributed by atoms with Crippen LogP contribution in [0.2, 0.25) is 5.02 Å². The number of nitrogens with zero attached hydrogens (tertiary/aromatic N) is 3. The molecule has 0 amide bonds. The van der Waals surface area contributed by atoms with Crippen molar-refractivity contribution < 1.29 is 0 Å². The van der Waals surface area contributed by atoms with Crippen LogP contribution in [0.3, 0.4) is 0 Å². The summed E-state index contributed by atoms with van der Waals surface area (Å²) in [6.45, 7) is 4.95. The average Bonchev–Trinajstić information content (AvgIpc) is 2.56. The minimum atomic E-state index is 0.608. The van der Waals surface area contributed by atoms with Crippen molar-refractivity contribution in [2.45, 2.75) is 6.54 Å². The number of hydrogen-bond acceptors (Lipinski definition) is 3. The summed E-state index contributed by atoms with van der Waals surface area (Å²) >= 11 is 6.30. The van der Waals surface area contributed by atoms with Gasteiger partial charge >= 0.3 is 0 Å². The Labute approximate surface area is 136 Å². The Morgan fingerprint density at radius 2 is 1.73 bits per heavy atom. The fraction of sp³-hybridized carbons (Fsp3) is 0.278. The van der Waals surface area contributed by atoms with E-state index in [-0.39, 0.29) is 0 Å². The minimum Gasteiger partial charge on any atom is -0.368 e. The molecule has 1 fully saturated rings. The fourth-order valence-corrected chi connectivity index (χ4v) is 3.12. The SMILES string of the molecule is N#Cc1ccc(N2CCN(Cc3ccccc3)CC2)c(Cl)c1. The second-order valence-corrected chi connectivity index (χ2v) is 5.93. The van der Waals surface area contributed by atoms with Gasteiger partial charge in [0.05, 0.1) is 22.3 Å². The van der Waals surface area contributed by atoms with E-state index in [2.05, 4.69) is 40.1 Å². The lowest BCUT2D eigenvalue weighted by atomic mass is 10.1. The molecule has 3 rings (SSSR count). The standard InChI is InChI=1S/C18H18ClN3/c19-17-12-16(13-20)6-7-18(17)22-10-8-21(9-11-22)14-15-4-2-1-3-5-15/h1-7,12H,8-11,14H2. The van der Waals surface area contributed by atoms with Gasteiger partial charge in [0, 0.05) is 32.7 Å². The minimum absolute atomic E-state index is 0.608. The van der Waals surface area contributed by atoms with Crippen LogP contribution in [-0.2, 0) is 6.54 Å². The van der Waals surface area contributed by atoms with E-state index >= 15 is 0 Å². The largest absolute Gasteiger partial charge is 0.368 e. The molecule has 1 aliphatic rings. The zero-order valence-corrected chi connectivity index (χ0v) is 13.1. The van der Waals surface area contributed by atoms with E-state index < -0.39 is 0 Å². The maximum Gasteiger partial charge on any atom is 0.0992 e. The van der Waals surface area contributed by atoms with Crippen molar-refractivity contribution in [3.8, 4) is 6.07 Å². The van der Waals surface area contributed by atoms with Gasteiger partial charge in [-0.05, 0) is 23.8 Å². The first kappa shape index (κ1) is 14.9. The summed E-state index contributed by atoms with van der Waals surface area (Å²) in [5, 5.41) is 9.57. The predicted octanol–water partition coefficient (Wildman–Crippen LogP) is 3.53. The summed E-state index contributed by atoms with van der Waals surface area (Å²) in [4.78, 5) is 4.76. The van der Waals surface area contributed by atoms with Crippen LogP contribution in [0.5, 0.6) is 0 Å². The molecule has 1 saturated heterocycles. The highest BCUT2D eigenvalue weighted by Crippen LogP contribution is 2.27. The van der Waals surface area contributed by atoms with Crippen LogP contribution in [-0.4, -0.2) is 31.1 Å². The number of rotatable bonds is 3. The Morgan fingerprint density at radius 3 is 2.36 bits per heavy atom. The van der Waals surface area contributed by atoms with Crippen molar-refractivity contribution in [3.63, 3.8) is 0 Å². The van der Waals surface area contributed by atoms with E-state index in [0.29, 0.717) is 10.6 Å². The van der Waals surface area contributed by atoms with Crippen LogP contribution in [0.25, 0.3) is 0 Å². The molecule has 0 unspecified atom stereocenters. The molecule has 0 saturated carbocycles. The zero-order chi connectivity index (χ0) is 15.4. The second kappa shape index (κ2) is 6.83. The lowest BCUT2D eigenvalue weighted by Crippen LogP contribution is -2.46. The van der Waals surface area contributed by atoms with Gasteiger partial charge in [-0.1, -0.05) is 41.9 Å². The second-order valence-electron chi connectivity index (χ2n) is 5.53. The third kappa shape index (κ3) is 3.41. The number of benzene rings is 2. The average molecular weight is 312 g/mol. The van der Waals surface area contributed by atoms with E-state index in [9.17, 15) is 0 Å². The highest BCUT2D eigenvalue weighted by atomic mass is 35.5. The van der Waals surface area contributed by atoms with Crippen LogP contribution >= 0.6 is 11.6 Å². The van der Waals surface area contributed by atoms with Gasteiger partial charge in [0.15, 0.2) is 0 Å². The third-order valence-corrected chi connectivity index (χ3v) is 4.34. The number of nitriles is 1. The van der Waals surface area contributed by atoms with Crippen LogP contribution < -0.4 is 4.90 Å². The van der Waals surface area contributed by atoms with Crippen LogP contribution in [0.1, 0.15) is 11.1 Å². The van der Waals surface area contributed by atoms with Gasteiger partial charge in [0.2, 0.25) is 0 Å². The molecule has 0 aromatic heterocycles. The van der Waals surface area contributed by atoms with E-state index in [4.69, 9.17) is 16.9 Å². The maximum absolute atomic E-state index is 8.91. The fourth-order valence-electron chi connectivity index (χ4n) is 2.82. The van der Waals surface area contributed by atoms with Gasteiger partial charge < -0.3 is 4.90 Å². The van der Waals surface area contributed by atoms with Crippen molar-refractivity contribution in [1.82, 2.24) is 4.90 Å². The molecule has 1 aliphatic heterocycles. The van der Waals surface area contributed by atoms with E-state index in [1.165, 1.54) is 5.56 Å². The summed E-state index contributed by atoms with van der Waals surface area (Å²) in [5.74, 6) is 0. The molecule has 0 atom stereocenters.